The minimum Gasteiger partial charge on any atom is -0.484 e. The van der Waals surface area contributed by atoms with E-state index in [0.717, 1.165) is 11.0 Å². The quantitative estimate of drug-likeness (QED) is 0.724. The Kier molecular flexibility index (Phi) is 4.62. The minimum atomic E-state index is -4.42. The summed E-state index contributed by atoms with van der Waals surface area (Å²) < 4.78 is 42.0. The third kappa shape index (κ3) is 3.96. The van der Waals surface area contributed by atoms with E-state index in [1.165, 1.54) is 12.3 Å². The molecule has 0 aliphatic carbocycles. The standard InChI is InChI=1S/C18H18F3N3O2/c1-11-14(22-8-7-15(11)26-10-18(19,20)21)9-17(2,25)16-23-12-5-3-4-6-13(12)24-16/h3-8,25H,9-10H2,1-2H3,(H,23,24). The van der Waals surface area contributed by atoms with E-state index in [-0.39, 0.29) is 12.2 Å². The van der Waals surface area contributed by atoms with Crippen LogP contribution in [-0.4, -0.2) is 32.8 Å². The molecule has 0 aliphatic heterocycles. The van der Waals surface area contributed by atoms with Crippen LogP contribution in [0.3, 0.4) is 0 Å². The Morgan fingerprint density at radius 1 is 1.19 bits per heavy atom. The molecule has 0 aliphatic rings. The topological polar surface area (TPSA) is 71.0 Å². The number of benzene rings is 1. The van der Waals surface area contributed by atoms with Gasteiger partial charge in [-0.3, -0.25) is 4.98 Å². The maximum absolute atomic E-state index is 12.4. The second-order valence-electron chi connectivity index (χ2n) is 6.34. The molecule has 26 heavy (non-hydrogen) atoms. The van der Waals surface area contributed by atoms with Crippen molar-refractivity contribution in [3.63, 3.8) is 0 Å². The van der Waals surface area contributed by atoms with Crippen molar-refractivity contribution in [2.24, 2.45) is 0 Å². The molecule has 8 heteroatoms. The van der Waals surface area contributed by atoms with Crippen molar-refractivity contribution >= 4 is 11.0 Å². The van der Waals surface area contributed by atoms with E-state index >= 15 is 0 Å². The van der Waals surface area contributed by atoms with Gasteiger partial charge in [-0.05, 0) is 32.0 Å². The summed E-state index contributed by atoms with van der Waals surface area (Å²) in [6.07, 6.45) is -2.99. The number of imidazole rings is 1. The molecule has 2 N–H and O–H groups in total. The number of alkyl halides is 3. The van der Waals surface area contributed by atoms with Gasteiger partial charge in [-0.2, -0.15) is 13.2 Å². The number of rotatable bonds is 5. The fourth-order valence-electron chi connectivity index (χ4n) is 2.67. The first-order chi connectivity index (χ1) is 12.2. The van der Waals surface area contributed by atoms with Crippen molar-refractivity contribution in [3.05, 3.63) is 53.6 Å². The van der Waals surface area contributed by atoms with Gasteiger partial charge in [-0.15, -0.1) is 0 Å². The van der Waals surface area contributed by atoms with E-state index in [4.69, 9.17) is 4.74 Å². The van der Waals surface area contributed by atoms with Crippen LogP contribution in [-0.2, 0) is 12.0 Å². The number of hydrogen-bond acceptors (Lipinski definition) is 4. The minimum absolute atomic E-state index is 0.0713. The highest BCUT2D eigenvalue weighted by molar-refractivity contribution is 5.74. The molecule has 138 valence electrons. The molecule has 0 amide bonds. The van der Waals surface area contributed by atoms with Gasteiger partial charge in [0, 0.05) is 18.2 Å². The number of fused-ring (bicyclic) bond motifs is 1. The maximum Gasteiger partial charge on any atom is 0.422 e. The van der Waals surface area contributed by atoms with Gasteiger partial charge >= 0.3 is 6.18 Å². The van der Waals surface area contributed by atoms with Crippen molar-refractivity contribution in [1.82, 2.24) is 15.0 Å². The fraction of sp³-hybridized carbons (Fsp3) is 0.333. The summed E-state index contributed by atoms with van der Waals surface area (Å²) in [5, 5.41) is 10.9. The van der Waals surface area contributed by atoms with Gasteiger partial charge in [0.15, 0.2) is 6.61 Å². The number of halogens is 3. The van der Waals surface area contributed by atoms with E-state index in [2.05, 4.69) is 15.0 Å². The second-order valence-corrected chi connectivity index (χ2v) is 6.34. The van der Waals surface area contributed by atoms with E-state index in [1.807, 2.05) is 24.3 Å². The van der Waals surface area contributed by atoms with Crippen LogP contribution in [0, 0.1) is 6.92 Å². The first-order valence-electron chi connectivity index (χ1n) is 7.97. The van der Waals surface area contributed by atoms with Crippen LogP contribution in [0.15, 0.2) is 36.5 Å². The number of nitrogens with zero attached hydrogens (tertiary/aromatic N) is 2. The highest BCUT2D eigenvalue weighted by atomic mass is 19.4. The Morgan fingerprint density at radius 2 is 1.92 bits per heavy atom. The van der Waals surface area contributed by atoms with Crippen LogP contribution in [0.5, 0.6) is 5.75 Å². The molecular weight excluding hydrogens is 347 g/mol. The van der Waals surface area contributed by atoms with Gasteiger partial charge in [0.05, 0.1) is 16.7 Å². The predicted molar refractivity (Wildman–Crippen MR) is 89.9 cm³/mol. The zero-order valence-corrected chi connectivity index (χ0v) is 14.3. The smallest absolute Gasteiger partial charge is 0.422 e. The molecule has 1 aromatic carbocycles. The highest BCUT2D eigenvalue weighted by Crippen LogP contribution is 2.29. The summed E-state index contributed by atoms with van der Waals surface area (Å²) in [6, 6.07) is 8.74. The average Bonchev–Trinajstić information content (AvgIpc) is 3.00. The fourth-order valence-corrected chi connectivity index (χ4v) is 2.67. The van der Waals surface area contributed by atoms with Crippen LogP contribution in [0.4, 0.5) is 13.2 Å². The number of aliphatic hydroxyl groups is 1. The molecular formula is C18H18F3N3O2. The SMILES string of the molecule is Cc1c(OCC(F)(F)F)ccnc1CC(C)(O)c1nc2ccccc2[nH]1. The van der Waals surface area contributed by atoms with Gasteiger partial charge in [0.2, 0.25) is 0 Å². The summed E-state index contributed by atoms with van der Waals surface area (Å²) >= 11 is 0. The third-order valence-electron chi connectivity index (χ3n) is 4.06. The van der Waals surface area contributed by atoms with Crippen molar-refractivity contribution < 1.29 is 23.0 Å². The molecule has 0 saturated heterocycles. The van der Waals surface area contributed by atoms with Gasteiger partial charge < -0.3 is 14.8 Å². The summed E-state index contributed by atoms with van der Waals surface area (Å²) in [5.74, 6) is 0.453. The number of hydrogen-bond donors (Lipinski definition) is 2. The summed E-state index contributed by atoms with van der Waals surface area (Å²) in [6.45, 7) is 1.81. The van der Waals surface area contributed by atoms with E-state index in [1.54, 1.807) is 13.8 Å². The first-order valence-corrected chi connectivity index (χ1v) is 7.97. The van der Waals surface area contributed by atoms with Crippen LogP contribution in [0.25, 0.3) is 11.0 Å². The number of H-pyrrole nitrogens is 1. The molecule has 1 atom stereocenters. The Balaban J connectivity index is 1.85. The van der Waals surface area contributed by atoms with Crippen molar-refractivity contribution in [3.8, 4) is 5.75 Å². The third-order valence-corrected chi connectivity index (χ3v) is 4.06. The van der Waals surface area contributed by atoms with Crippen LogP contribution >= 0.6 is 0 Å². The van der Waals surface area contributed by atoms with E-state index < -0.39 is 18.4 Å². The monoisotopic (exact) mass is 365 g/mol. The van der Waals surface area contributed by atoms with Crippen LogP contribution < -0.4 is 4.74 Å². The normalized spacial score (nSPS) is 14.4. The van der Waals surface area contributed by atoms with Crippen molar-refractivity contribution in [2.75, 3.05) is 6.61 Å². The van der Waals surface area contributed by atoms with Crippen LogP contribution in [0.1, 0.15) is 24.0 Å². The average molecular weight is 365 g/mol. The predicted octanol–water partition coefficient (Wildman–Crippen LogP) is 3.66. The zero-order valence-electron chi connectivity index (χ0n) is 14.3. The first kappa shape index (κ1) is 18.2. The molecule has 0 radical (unpaired) electrons. The van der Waals surface area contributed by atoms with E-state index in [0.29, 0.717) is 17.1 Å². The lowest BCUT2D eigenvalue weighted by Gasteiger charge is -2.22. The van der Waals surface area contributed by atoms with E-state index in [9.17, 15) is 18.3 Å². The number of aromatic nitrogens is 3. The lowest BCUT2D eigenvalue weighted by atomic mass is 9.96. The van der Waals surface area contributed by atoms with Gasteiger partial charge in [0.25, 0.3) is 0 Å². The highest BCUT2D eigenvalue weighted by Gasteiger charge is 2.31. The van der Waals surface area contributed by atoms with Crippen LogP contribution in [0.2, 0.25) is 0 Å². The molecule has 2 aromatic heterocycles. The molecule has 1 unspecified atom stereocenters. The molecule has 0 fully saturated rings. The molecule has 0 saturated carbocycles. The molecule has 2 heterocycles. The number of pyridine rings is 1. The number of aromatic amines is 1. The summed E-state index contributed by atoms with van der Waals surface area (Å²) in [4.78, 5) is 11.6. The van der Waals surface area contributed by atoms with Crippen molar-refractivity contribution in [1.29, 1.82) is 0 Å². The molecule has 5 nitrogen and oxygen atoms in total. The van der Waals surface area contributed by atoms with Gasteiger partial charge in [-0.25, -0.2) is 4.98 Å². The Bertz CT molecular complexity index is 886. The zero-order chi connectivity index (χ0) is 18.9. The largest absolute Gasteiger partial charge is 0.484 e. The Hall–Kier alpha value is -2.61. The lowest BCUT2D eigenvalue weighted by molar-refractivity contribution is -0.153. The summed E-state index contributed by atoms with van der Waals surface area (Å²) in [7, 11) is 0. The van der Waals surface area contributed by atoms with Gasteiger partial charge in [0.1, 0.15) is 17.2 Å². The molecule has 3 aromatic rings. The molecule has 0 bridgehead atoms. The number of para-hydroxylation sites is 2. The Morgan fingerprint density at radius 3 is 2.62 bits per heavy atom. The molecule has 3 rings (SSSR count). The van der Waals surface area contributed by atoms with Gasteiger partial charge in [-0.1, -0.05) is 12.1 Å². The van der Waals surface area contributed by atoms with Crippen molar-refractivity contribution in [2.45, 2.75) is 32.0 Å². The lowest BCUT2D eigenvalue weighted by Crippen LogP contribution is -2.27. The summed E-state index contributed by atoms with van der Waals surface area (Å²) in [5.41, 5.74) is 1.02. The number of nitrogens with one attached hydrogen (secondary N) is 1. The Labute approximate surface area is 147 Å². The molecule has 0 spiro atoms. The number of ether oxygens (including phenoxy) is 1. The maximum atomic E-state index is 12.4. The second kappa shape index (κ2) is 6.60.